The van der Waals surface area contributed by atoms with Crippen molar-refractivity contribution in [3.8, 4) is 33.6 Å². The second-order valence-corrected chi connectivity index (χ2v) is 13.8. The molecule has 0 spiro atoms. The zero-order valence-electron chi connectivity index (χ0n) is 29.6. The fourth-order valence-corrected chi connectivity index (χ4v) is 7.84. The summed E-state index contributed by atoms with van der Waals surface area (Å²) < 4.78 is 6.60. The Kier molecular flexibility index (Phi) is 7.88. The first-order valence-electron chi connectivity index (χ1n) is 18.5. The van der Waals surface area contributed by atoms with Crippen molar-refractivity contribution in [3.63, 3.8) is 0 Å². The normalized spacial score (nSPS) is 11.6. The third kappa shape index (κ3) is 5.73. The van der Waals surface area contributed by atoms with Crippen LogP contribution < -0.4 is 9.80 Å². The van der Waals surface area contributed by atoms with Gasteiger partial charge in [0.05, 0.1) is 0 Å². The van der Waals surface area contributed by atoms with E-state index in [1.807, 2.05) is 0 Å². The maximum Gasteiger partial charge on any atom is 0.139 e. The van der Waals surface area contributed by atoms with Gasteiger partial charge < -0.3 is 14.2 Å². The van der Waals surface area contributed by atoms with Crippen molar-refractivity contribution in [1.82, 2.24) is 0 Å². The molecule has 54 heavy (non-hydrogen) atoms. The Bertz CT molecular complexity index is 2620. The van der Waals surface area contributed by atoms with E-state index in [2.05, 4.69) is 216 Å². The van der Waals surface area contributed by atoms with E-state index in [4.69, 9.17) is 4.42 Å². The number of nitrogens with zero attached hydrogens (tertiary/aromatic N) is 2. The highest BCUT2D eigenvalue weighted by Gasteiger charge is 2.26. The third-order valence-electron chi connectivity index (χ3n) is 10.5. The Morgan fingerprint density at radius 2 is 0.741 bits per heavy atom. The van der Waals surface area contributed by atoms with Crippen LogP contribution in [0.3, 0.4) is 0 Å². The minimum Gasteiger partial charge on any atom is -0.456 e. The highest BCUT2D eigenvalue weighted by atomic mass is 16.3. The van der Waals surface area contributed by atoms with Gasteiger partial charge in [-0.2, -0.15) is 0 Å². The first-order valence-corrected chi connectivity index (χ1v) is 18.5. The largest absolute Gasteiger partial charge is 0.456 e. The van der Waals surface area contributed by atoms with Gasteiger partial charge in [0, 0.05) is 57.1 Å². The number of anilines is 6. The van der Waals surface area contributed by atoms with E-state index in [0.717, 1.165) is 51.9 Å². The van der Waals surface area contributed by atoms with Gasteiger partial charge in [0.1, 0.15) is 11.3 Å². The van der Waals surface area contributed by atoms with Crippen molar-refractivity contribution in [2.45, 2.75) is 6.42 Å². The van der Waals surface area contributed by atoms with Crippen LogP contribution >= 0.6 is 0 Å². The van der Waals surface area contributed by atoms with Crippen LogP contribution in [0.25, 0.3) is 44.5 Å². The summed E-state index contributed by atoms with van der Waals surface area (Å²) in [6, 6.07) is 73.3. The predicted molar refractivity (Wildman–Crippen MR) is 225 cm³/mol. The van der Waals surface area contributed by atoms with E-state index >= 15 is 0 Å². The summed E-state index contributed by atoms with van der Waals surface area (Å²) in [5, 5.41) is 1.19. The lowest BCUT2D eigenvalue weighted by molar-refractivity contribution is 0.631. The van der Waals surface area contributed by atoms with Crippen molar-refractivity contribution in [2.75, 3.05) is 9.80 Å². The summed E-state index contributed by atoms with van der Waals surface area (Å²) in [5.74, 6) is 0.992. The first-order chi connectivity index (χ1) is 26.8. The van der Waals surface area contributed by atoms with Gasteiger partial charge in [-0.25, -0.2) is 0 Å². The lowest BCUT2D eigenvalue weighted by Crippen LogP contribution is -2.09. The van der Waals surface area contributed by atoms with Gasteiger partial charge >= 0.3 is 0 Å². The molecule has 1 aliphatic carbocycles. The average molecular weight is 693 g/mol. The van der Waals surface area contributed by atoms with Crippen molar-refractivity contribution < 1.29 is 4.42 Å². The molecule has 256 valence electrons. The van der Waals surface area contributed by atoms with E-state index < -0.39 is 0 Å². The molecule has 9 aromatic rings. The molecule has 0 saturated carbocycles. The molecule has 3 nitrogen and oxygen atoms in total. The number of hydrogen-bond acceptors (Lipinski definition) is 3. The molecular weight excluding hydrogens is 657 g/mol. The highest BCUT2D eigenvalue weighted by Crippen LogP contribution is 2.46. The number of benzene rings is 8. The molecule has 0 atom stereocenters. The number of furan rings is 1. The van der Waals surface area contributed by atoms with E-state index in [1.54, 1.807) is 0 Å². The van der Waals surface area contributed by atoms with E-state index in [-0.39, 0.29) is 0 Å². The van der Waals surface area contributed by atoms with E-state index in [9.17, 15) is 0 Å². The van der Waals surface area contributed by atoms with Gasteiger partial charge in [-0.1, -0.05) is 115 Å². The van der Waals surface area contributed by atoms with Gasteiger partial charge in [0.2, 0.25) is 0 Å². The van der Waals surface area contributed by atoms with Crippen LogP contribution in [0, 0.1) is 0 Å². The van der Waals surface area contributed by atoms with Crippen LogP contribution in [0.5, 0.6) is 0 Å². The predicted octanol–water partition coefficient (Wildman–Crippen LogP) is 14.3. The molecule has 0 fully saturated rings. The molecule has 1 aromatic heterocycles. The minimum absolute atomic E-state index is 0.867. The SMILES string of the molecule is c1ccc(N(c2ccccc2)c2ccc(-c3ccc4c(c3)-c3oc5ccc(-c6ccc(N(c7ccccc7)c7ccccc7)cc6)cc5c3C4)cc2)cc1. The van der Waals surface area contributed by atoms with Crippen LogP contribution in [0.4, 0.5) is 34.1 Å². The zero-order chi connectivity index (χ0) is 35.8. The van der Waals surface area contributed by atoms with Crippen molar-refractivity contribution in [3.05, 3.63) is 217 Å². The van der Waals surface area contributed by atoms with Gasteiger partial charge in [-0.15, -0.1) is 0 Å². The van der Waals surface area contributed by atoms with Crippen LogP contribution in [-0.2, 0) is 6.42 Å². The van der Waals surface area contributed by atoms with Crippen molar-refractivity contribution in [2.24, 2.45) is 0 Å². The van der Waals surface area contributed by atoms with Gasteiger partial charge in [-0.05, 0) is 119 Å². The van der Waals surface area contributed by atoms with Gasteiger partial charge in [0.15, 0.2) is 0 Å². The third-order valence-corrected chi connectivity index (χ3v) is 10.5. The molecule has 0 unspecified atom stereocenters. The fraction of sp³-hybridized carbons (Fsp3) is 0.0196. The standard InChI is InChI=1S/C51H36N2O/c1-5-13-41(14-6-1)52(42-15-7-2-8-16-42)45-28-23-36(24-29-45)38-21-22-40-35-49-48-34-39(27-32-50(48)54-51(49)47(40)33-38)37-25-30-46(31-26-37)53(43-17-9-3-10-18-43)44-19-11-4-12-20-44/h1-34H,35H2. The lowest BCUT2D eigenvalue weighted by Gasteiger charge is -2.25. The maximum absolute atomic E-state index is 6.60. The Labute approximate surface area is 315 Å². The second-order valence-electron chi connectivity index (χ2n) is 13.8. The van der Waals surface area contributed by atoms with Crippen molar-refractivity contribution in [1.29, 1.82) is 0 Å². The number of hydrogen-bond donors (Lipinski definition) is 0. The molecule has 1 heterocycles. The summed E-state index contributed by atoms with van der Waals surface area (Å²) in [7, 11) is 0. The summed E-state index contributed by atoms with van der Waals surface area (Å²) in [4.78, 5) is 4.58. The smallest absolute Gasteiger partial charge is 0.139 e. The van der Waals surface area contributed by atoms with Crippen LogP contribution in [0.1, 0.15) is 11.1 Å². The quantitative estimate of drug-likeness (QED) is 0.158. The Hall–Kier alpha value is -7.10. The Balaban J connectivity index is 0.942. The van der Waals surface area contributed by atoms with Crippen molar-refractivity contribution >= 4 is 45.1 Å². The molecular formula is C51H36N2O. The highest BCUT2D eigenvalue weighted by molar-refractivity contribution is 5.95. The minimum atomic E-state index is 0.867. The monoisotopic (exact) mass is 692 g/mol. The number of rotatable bonds is 8. The Morgan fingerprint density at radius 1 is 0.352 bits per heavy atom. The van der Waals surface area contributed by atoms with E-state index in [0.29, 0.717) is 0 Å². The molecule has 0 bridgehead atoms. The average Bonchev–Trinajstić information content (AvgIpc) is 3.79. The van der Waals surface area contributed by atoms with Gasteiger partial charge in [-0.3, -0.25) is 0 Å². The van der Waals surface area contributed by atoms with Crippen LogP contribution in [0.2, 0.25) is 0 Å². The maximum atomic E-state index is 6.60. The van der Waals surface area contributed by atoms with Crippen LogP contribution in [0.15, 0.2) is 211 Å². The first kappa shape index (κ1) is 31.6. The number of para-hydroxylation sites is 4. The van der Waals surface area contributed by atoms with E-state index in [1.165, 1.54) is 44.3 Å². The topological polar surface area (TPSA) is 19.6 Å². The van der Waals surface area contributed by atoms with Crippen LogP contribution in [-0.4, -0.2) is 0 Å². The fourth-order valence-electron chi connectivity index (χ4n) is 7.84. The molecule has 0 radical (unpaired) electrons. The molecule has 0 saturated heterocycles. The second kappa shape index (κ2) is 13.5. The lowest BCUT2D eigenvalue weighted by atomic mass is 9.99. The molecule has 0 N–H and O–H groups in total. The molecule has 3 heteroatoms. The zero-order valence-corrected chi connectivity index (χ0v) is 29.6. The summed E-state index contributed by atoms with van der Waals surface area (Å²) in [6.45, 7) is 0. The number of fused-ring (bicyclic) bond motifs is 5. The summed E-state index contributed by atoms with van der Waals surface area (Å²) in [5.41, 5.74) is 16.2. The van der Waals surface area contributed by atoms with Gasteiger partial charge in [0.25, 0.3) is 0 Å². The summed E-state index contributed by atoms with van der Waals surface area (Å²) in [6.07, 6.45) is 0.867. The molecule has 8 aromatic carbocycles. The summed E-state index contributed by atoms with van der Waals surface area (Å²) >= 11 is 0. The Morgan fingerprint density at radius 3 is 1.20 bits per heavy atom. The molecule has 0 amide bonds. The molecule has 10 rings (SSSR count). The molecule has 1 aliphatic rings. The molecule has 0 aliphatic heterocycles.